The summed E-state index contributed by atoms with van der Waals surface area (Å²) >= 11 is 0. The predicted molar refractivity (Wildman–Crippen MR) is 89.6 cm³/mol. The third-order valence-corrected chi connectivity index (χ3v) is 4.96. The molecule has 0 atom stereocenters. The van der Waals surface area contributed by atoms with E-state index in [0.29, 0.717) is 11.4 Å². The van der Waals surface area contributed by atoms with Gasteiger partial charge in [-0.2, -0.15) is 0 Å². The number of ether oxygens (including phenoxy) is 1. The molecule has 6 heteroatoms. The van der Waals surface area contributed by atoms with E-state index in [0.717, 1.165) is 11.1 Å². The van der Waals surface area contributed by atoms with Gasteiger partial charge in [-0.3, -0.25) is 4.79 Å². The van der Waals surface area contributed by atoms with Crippen molar-refractivity contribution in [3.05, 3.63) is 53.6 Å². The third-order valence-electron chi connectivity index (χ3n) is 3.33. The number of methoxy groups -OCH3 is 1. The maximum atomic E-state index is 12.3. The number of rotatable bonds is 5. The molecule has 1 amide bonds. The number of anilines is 1. The van der Waals surface area contributed by atoms with Crippen LogP contribution in [0.2, 0.25) is 0 Å². The zero-order chi connectivity index (χ0) is 17.0. The lowest BCUT2D eigenvalue weighted by Crippen LogP contribution is -2.23. The number of carbonyl (C=O) groups excluding carboxylic acids is 1. The van der Waals surface area contributed by atoms with Crippen molar-refractivity contribution in [3.63, 3.8) is 0 Å². The van der Waals surface area contributed by atoms with Gasteiger partial charge in [-0.15, -0.1) is 0 Å². The van der Waals surface area contributed by atoms with Crippen molar-refractivity contribution in [1.29, 1.82) is 0 Å². The molecule has 2 rings (SSSR count). The van der Waals surface area contributed by atoms with Crippen LogP contribution in [0.1, 0.15) is 11.1 Å². The first-order chi connectivity index (χ1) is 10.8. The Kier molecular flexibility index (Phi) is 5.05. The van der Waals surface area contributed by atoms with Crippen LogP contribution >= 0.6 is 0 Å². The van der Waals surface area contributed by atoms with Crippen molar-refractivity contribution in [1.82, 2.24) is 0 Å². The number of carbonyl (C=O) groups is 1. The van der Waals surface area contributed by atoms with E-state index in [-0.39, 0.29) is 4.90 Å². The Bertz CT molecular complexity index is 811. The van der Waals surface area contributed by atoms with E-state index in [1.807, 2.05) is 19.9 Å². The first-order valence-electron chi connectivity index (χ1n) is 7.06. The molecule has 0 unspecified atom stereocenters. The van der Waals surface area contributed by atoms with E-state index in [2.05, 4.69) is 5.32 Å². The van der Waals surface area contributed by atoms with Crippen molar-refractivity contribution in [2.75, 3.05) is 18.2 Å². The van der Waals surface area contributed by atoms with E-state index >= 15 is 0 Å². The SMILES string of the molecule is COc1ccc(C)cc1NC(=O)CS(=O)(=O)c1ccc(C)cc1. The maximum absolute atomic E-state index is 12.3. The molecule has 0 aliphatic rings. The maximum Gasteiger partial charge on any atom is 0.240 e. The highest BCUT2D eigenvalue weighted by Crippen LogP contribution is 2.25. The minimum absolute atomic E-state index is 0.134. The molecule has 0 aliphatic heterocycles. The number of amides is 1. The molecule has 2 aromatic carbocycles. The minimum atomic E-state index is -3.68. The molecule has 23 heavy (non-hydrogen) atoms. The molecule has 0 saturated heterocycles. The molecule has 0 bridgehead atoms. The van der Waals surface area contributed by atoms with E-state index in [1.54, 1.807) is 24.3 Å². The summed E-state index contributed by atoms with van der Waals surface area (Å²) in [5.74, 6) is -0.737. The second-order valence-electron chi connectivity index (χ2n) is 5.32. The van der Waals surface area contributed by atoms with Crippen LogP contribution in [0.3, 0.4) is 0 Å². The van der Waals surface area contributed by atoms with Crippen molar-refractivity contribution in [2.24, 2.45) is 0 Å². The van der Waals surface area contributed by atoms with Gasteiger partial charge in [-0.25, -0.2) is 8.42 Å². The lowest BCUT2D eigenvalue weighted by atomic mass is 10.2. The Balaban J connectivity index is 2.16. The zero-order valence-electron chi connectivity index (χ0n) is 13.3. The van der Waals surface area contributed by atoms with Crippen molar-refractivity contribution < 1.29 is 17.9 Å². The van der Waals surface area contributed by atoms with Gasteiger partial charge in [0.2, 0.25) is 5.91 Å². The van der Waals surface area contributed by atoms with Crippen LogP contribution in [-0.2, 0) is 14.6 Å². The summed E-state index contributed by atoms with van der Waals surface area (Å²) in [4.78, 5) is 12.2. The van der Waals surface area contributed by atoms with Gasteiger partial charge in [0, 0.05) is 0 Å². The summed E-state index contributed by atoms with van der Waals surface area (Å²) in [7, 11) is -2.19. The van der Waals surface area contributed by atoms with Crippen LogP contribution in [0.4, 0.5) is 5.69 Å². The fourth-order valence-corrected chi connectivity index (χ4v) is 3.24. The molecule has 0 fully saturated rings. The van der Waals surface area contributed by atoms with Gasteiger partial charge in [-0.05, 0) is 43.7 Å². The highest BCUT2D eigenvalue weighted by molar-refractivity contribution is 7.92. The number of hydrogen-bond donors (Lipinski definition) is 1. The van der Waals surface area contributed by atoms with Crippen LogP contribution in [0.5, 0.6) is 5.75 Å². The highest BCUT2D eigenvalue weighted by Gasteiger charge is 2.20. The number of hydrogen-bond acceptors (Lipinski definition) is 4. The van der Waals surface area contributed by atoms with Crippen molar-refractivity contribution in [3.8, 4) is 5.75 Å². The molecule has 0 aromatic heterocycles. The van der Waals surface area contributed by atoms with Gasteiger partial charge in [0.25, 0.3) is 0 Å². The summed E-state index contributed by atoms with van der Waals surface area (Å²) < 4.78 is 29.7. The largest absolute Gasteiger partial charge is 0.495 e. The second kappa shape index (κ2) is 6.83. The molecule has 0 saturated carbocycles. The Hall–Kier alpha value is -2.34. The van der Waals surface area contributed by atoms with Gasteiger partial charge in [-0.1, -0.05) is 23.8 Å². The average Bonchev–Trinajstić information content (AvgIpc) is 2.47. The summed E-state index contributed by atoms with van der Waals surface area (Å²) in [6, 6.07) is 11.7. The second-order valence-corrected chi connectivity index (χ2v) is 7.31. The van der Waals surface area contributed by atoms with Gasteiger partial charge < -0.3 is 10.1 Å². The Labute approximate surface area is 136 Å². The smallest absolute Gasteiger partial charge is 0.240 e. The molecule has 0 radical (unpaired) electrons. The van der Waals surface area contributed by atoms with Crippen molar-refractivity contribution >= 4 is 21.4 Å². The molecular formula is C17H19NO4S. The molecule has 1 N–H and O–H groups in total. The Morgan fingerprint density at radius 2 is 1.65 bits per heavy atom. The van der Waals surface area contributed by atoms with Crippen LogP contribution in [-0.4, -0.2) is 27.2 Å². The van der Waals surface area contributed by atoms with E-state index in [1.165, 1.54) is 19.2 Å². The zero-order valence-corrected chi connectivity index (χ0v) is 14.1. The highest BCUT2D eigenvalue weighted by atomic mass is 32.2. The average molecular weight is 333 g/mol. The molecule has 5 nitrogen and oxygen atoms in total. The lowest BCUT2D eigenvalue weighted by Gasteiger charge is -2.11. The fourth-order valence-electron chi connectivity index (χ4n) is 2.11. The molecule has 2 aromatic rings. The van der Waals surface area contributed by atoms with Crippen LogP contribution in [0, 0.1) is 13.8 Å². The number of benzene rings is 2. The molecule has 0 spiro atoms. The fraction of sp³-hybridized carbons (Fsp3) is 0.235. The molecule has 122 valence electrons. The van der Waals surface area contributed by atoms with E-state index < -0.39 is 21.5 Å². The van der Waals surface area contributed by atoms with Crippen LogP contribution in [0.15, 0.2) is 47.4 Å². The predicted octanol–water partition coefficient (Wildman–Crippen LogP) is 2.72. The monoisotopic (exact) mass is 333 g/mol. The topological polar surface area (TPSA) is 72.5 Å². The normalized spacial score (nSPS) is 11.1. The van der Waals surface area contributed by atoms with Gasteiger partial charge >= 0.3 is 0 Å². The van der Waals surface area contributed by atoms with E-state index in [9.17, 15) is 13.2 Å². The summed E-state index contributed by atoms with van der Waals surface area (Å²) in [6.07, 6.45) is 0. The van der Waals surface area contributed by atoms with Crippen LogP contribution < -0.4 is 10.1 Å². The first-order valence-corrected chi connectivity index (χ1v) is 8.71. The summed E-state index contributed by atoms with van der Waals surface area (Å²) in [5.41, 5.74) is 2.34. The van der Waals surface area contributed by atoms with Gasteiger partial charge in [0.15, 0.2) is 9.84 Å². The Morgan fingerprint density at radius 3 is 2.26 bits per heavy atom. The van der Waals surface area contributed by atoms with Gasteiger partial charge in [0.1, 0.15) is 11.5 Å². The Morgan fingerprint density at radius 1 is 1.04 bits per heavy atom. The van der Waals surface area contributed by atoms with Gasteiger partial charge in [0.05, 0.1) is 17.7 Å². The van der Waals surface area contributed by atoms with Crippen LogP contribution in [0.25, 0.3) is 0 Å². The standard InChI is InChI=1S/C17H19NO4S/c1-12-4-7-14(8-5-12)23(20,21)11-17(19)18-15-10-13(2)6-9-16(15)22-3/h4-10H,11H2,1-3H3,(H,18,19). The number of nitrogens with one attached hydrogen (secondary N) is 1. The lowest BCUT2D eigenvalue weighted by molar-refractivity contribution is -0.113. The summed E-state index contributed by atoms with van der Waals surface area (Å²) in [6.45, 7) is 3.74. The number of aryl methyl sites for hydroxylation is 2. The molecule has 0 aliphatic carbocycles. The molecule has 0 heterocycles. The third kappa shape index (κ3) is 4.32. The minimum Gasteiger partial charge on any atom is -0.495 e. The quantitative estimate of drug-likeness (QED) is 0.913. The molecular weight excluding hydrogens is 314 g/mol. The first kappa shape index (κ1) is 17.0. The number of sulfone groups is 1. The summed E-state index contributed by atoms with van der Waals surface area (Å²) in [5, 5.41) is 2.60. The van der Waals surface area contributed by atoms with E-state index in [4.69, 9.17) is 4.74 Å². The van der Waals surface area contributed by atoms with Crippen molar-refractivity contribution in [2.45, 2.75) is 18.7 Å².